The third-order valence-corrected chi connectivity index (χ3v) is 5.33. The van der Waals surface area contributed by atoms with Crippen LogP contribution in [-0.4, -0.2) is 23.6 Å². The third kappa shape index (κ3) is 6.31. The molecule has 0 aliphatic rings. The fourth-order valence-electron chi connectivity index (χ4n) is 3.09. The van der Waals surface area contributed by atoms with Gasteiger partial charge in [0.05, 0.1) is 11.8 Å². The van der Waals surface area contributed by atoms with Gasteiger partial charge in [-0.05, 0) is 62.1 Å². The summed E-state index contributed by atoms with van der Waals surface area (Å²) in [5, 5.41) is 5.30. The largest absolute Gasteiger partial charge is 0.491 e. The molecule has 0 aliphatic heterocycles. The van der Waals surface area contributed by atoms with Crippen molar-refractivity contribution in [2.24, 2.45) is 0 Å². The predicted molar refractivity (Wildman–Crippen MR) is 127 cm³/mol. The second-order valence-corrected chi connectivity index (χ2v) is 9.67. The van der Waals surface area contributed by atoms with Crippen molar-refractivity contribution in [2.75, 3.05) is 11.9 Å². The Balaban J connectivity index is 1.61. The van der Waals surface area contributed by atoms with Gasteiger partial charge in [-0.2, -0.15) is 0 Å². The van der Waals surface area contributed by atoms with E-state index in [4.69, 9.17) is 9.47 Å². The molecule has 0 saturated heterocycles. The summed E-state index contributed by atoms with van der Waals surface area (Å²) in [6.07, 6.45) is 0.133. The molecule has 0 unspecified atom stereocenters. The highest BCUT2D eigenvalue weighted by molar-refractivity contribution is 7.14. The van der Waals surface area contributed by atoms with Crippen LogP contribution in [0.1, 0.15) is 45.7 Å². The average molecular weight is 439 g/mol. The van der Waals surface area contributed by atoms with Gasteiger partial charge in [-0.25, -0.2) is 4.98 Å². The van der Waals surface area contributed by atoms with Crippen LogP contribution in [0.25, 0.3) is 11.3 Å². The molecule has 1 heterocycles. The van der Waals surface area contributed by atoms with Crippen molar-refractivity contribution in [1.29, 1.82) is 0 Å². The predicted octanol–water partition coefficient (Wildman–Crippen LogP) is 6.22. The molecule has 0 fully saturated rings. The lowest BCUT2D eigenvalue weighted by Crippen LogP contribution is -2.22. The SMILES string of the molecule is Cc1ccc(OCC(=O)Nc2nc(-c3ccc(OC(C)C)cc3)cs2)c(C(C)(C)C)c1. The molecule has 31 heavy (non-hydrogen) atoms. The van der Waals surface area contributed by atoms with Crippen molar-refractivity contribution in [2.45, 2.75) is 53.1 Å². The summed E-state index contributed by atoms with van der Waals surface area (Å²) in [4.78, 5) is 16.9. The van der Waals surface area contributed by atoms with Crippen molar-refractivity contribution in [1.82, 2.24) is 4.98 Å². The number of rotatable bonds is 7. The Labute approximate surface area is 188 Å². The Bertz CT molecular complexity index is 1030. The molecule has 0 aliphatic carbocycles. The molecule has 1 N–H and O–H groups in total. The maximum atomic E-state index is 12.4. The van der Waals surface area contributed by atoms with Crippen LogP contribution < -0.4 is 14.8 Å². The molecule has 3 rings (SSSR count). The molecule has 0 atom stereocenters. The van der Waals surface area contributed by atoms with E-state index in [-0.39, 0.29) is 24.0 Å². The molecule has 164 valence electrons. The maximum absolute atomic E-state index is 12.4. The Kier molecular flexibility index (Phi) is 7.01. The van der Waals surface area contributed by atoms with Crippen LogP contribution in [0.15, 0.2) is 47.8 Å². The first kappa shape index (κ1) is 22.8. The topological polar surface area (TPSA) is 60.5 Å². The van der Waals surface area contributed by atoms with Crippen LogP contribution in [0.5, 0.6) is 11.5 Å². The third-order valence-electron chi connectivity index (χ3n) is 4.57. The highest BCUT2D eigenvalue weighted by atomic mass is 32.1. The molecular formula is C25H30N2O3S. The Morgan fingerprint density at radius 3 is 2.48 bits per heavy atom. The van der Waals surface area contributed by atoms with Gasteiger partial charge in [0.1, 0.15) is 11.5 Å². The molecule has 6 heteroatoms. The normalized spacial score (nSPS) is 11.5. The van der Waals surface area contributed by atoms with Crippen LogP contribution in [0, 0.1) is 6.92 Å². The van der Waals surface area contributed by atoms with E-state index in [1.807, 2.05) is 55.6 Å². The van der Waals surface area contributed by atoms with Crippen molar-refractivity contribution in [3.05, 3.63) is 59.0 Å². The van der Waals surface area contributed by atoms with Crippen LogP contribution in [0.3, 0.4) is 0 Å². The van der Waals surface area contributed by atoms with Gasteiger partial charge >= 0.3 is 0 Å². The standard InChI is InChI=1S/C25H30N2O3S/c1-16(2)30-19-10-8-18(9-11-19)21-15-31-24(26-21)27-23(28)14-29-22-12-7-17(3)13-20(22)25(4,5)6/h7-13,15-16H,14H2,1-6H3,(H,26,27,28). The quantitative estimate of drug-likeness (QED) is 0.476. The fourth-order valence-corrected chi connectivity index (χ4v) is 3.83. The lowest BCUT2D eigenvalue weighted by molar-refractivity contribution is -0.118. The monoisotopic (exact) mass is 438 g/mol. The van der Waals surface area contributed by atoms with Gasteiger partial charge in [-0.15, -0.1) is 11.3 Å². The molecule has 0 bridgehead atoms. The molecule has 1 aromatic heterocycles. The van der Waals surface area contributed by atoms with Crippen molar-refractivity contribution >= 4 is 22.4 Å². The van der Waals surface area contributed by atoms with Crippen LogP contribution in [-0.2, 0) is 10.2 Å². The number of amides is 1. The van der Waals surface area contributed by atoms with E-state index in [1.54, 1.807) is 0 Å². The second kappa shape index (κ2) is 9.52. The molecule has 1 amide bonds. The zero-order valence-corrected chi connectivity index (χ0v) is 19.8. The van der Waals surface area contributed by atoms with Gasteiger partial charge in [-0.3, -0.25) is 10.1 Å². The zero-order chi connectivity index (χ0) is 22.6. The van der Waals surface area contributed by atoms with E-state index in [1.165, 1.54) is 16.9 Å². The first-order valence-corrected chi connectivity index (χ1v) is 11.3. The molecule has 5 nitrogen and oxygen atoms in total. The van der Waals surface area contributed by atoms with Gasteiger partial charge in [0.25, 0.3) is 5.91 Å². The first-order valence-electron chi connectivity index (χ1n) is 10.4. The summed E-state index contributed by atoms with van der Waals surface area (Å²) in [6.45, 7) is 12.4. The van der Waals surface area contributed by atoms with Crippen molar-refractivity contribution in [3.8, 4) is 22.8 Å². The number of nitrogens with zero attached hydrogens (tertiary/aromatic N) is 1. The Morgan fingerprint density at radius 2 is 1.84 bits per heavy atom. The van der Waals surface area contributed by atoms with Gasteiger partial charge in [0.2, 0.25) is 0 Å². The van der Waals surface area contributed by atoms with E-state index in [9.17, 15) is 4.79 Å². The van der Waals surface area contributed by atoms with Crippen LogP contribution in [0.4, 0.5) is 5.13 Å². The van der Waals surface area contributed by atoms with Crippen molar-refractivity contribution < 1.29 is 14.3 Å². The van der Waals surface area contributed by atoms with E-state index in [0.29, 0.717) is 5.13 Å². The molecule has 0 spiro atoms. The second-order valence-electron chi connectivity index (χ2n) is 8.82. The molecule has 0 saturated carbocycles. The van der Waals surface area contributed by atoms with Crippen LogP contribution >= 0.6 is 11.3 Å². The lowest BCUT2D eigenvalue weighted by atomic mass is 9.85. The van der Waals surface area contributed by atoms with Crippen molar-refractivity contribution in [3.63, 3.8) is 0 Å². The summed E-state index contributed by atoms with van der Waals surface area (Å²) < 4.78 is 11.5. The number of aromatic nitrogens is 1. The minimum atomic E-state index is -0.234. The number of ether oxygens (including phenoxy) is 2. The van der Waals surface area contributed by atoms with Crippen LogP contribution in [0.2, 0.25) is 0 Å². The molecule has 2 aromatic carbocycles. The summed E-state index contributed by atoms with van der Waals surface area (Å²) in [5.41, 5.74) is 3.96. The summed E-state index contributed by atoms with van der Waals surface area (Å²) in [7, 11) is 0. The molecule has 0 radical (unpaired) electrons. The number of carbonyl (C=O) groups is 1. The van der Waals surface area contributed by atoms with E-state index >= 15 is 0 Å². The van der Waals surface area contributed by atoms with Gasteiger partial charge in [0, 0.05) is 10.9 Å². The summed E-state index contributed by atoms with van der Waals surface area (Å²) in [5.74, 6) is 1.32. The minimum Gasteiger partial charge on any atom is -0.491 e. The van der Waals surface area contributed by atoms with E-state index < -0.39 is 0 Å². The molecular weight excluding hydrogens is 408 g/mol. The van der Waals surface area contributed by atoms with Gasteiger partial charge in [-0.1, -0.05) is 38.5 Å². The number of anilines is 1. The zero-order valence-electron chi connectivity index (χ0n) is 19.0. The van der Waals surface area contributed by atoms with E-state index in [0.717, 1.165) is 28.3 Å². The Morgan fingerprint density at radius 1 is 1.13 bits per heavy atom. The average Bonchev–Trinajstić information content (AvgIpc) is 3.15. The Hall–Kier alpha value is -2.86. The minimum absolute atomic E-state index is 0.0672. The number of nitrogens with one attached hydrogen (secondary N) is 1. The lowest BCUT2D eigenvalue weighted by Gasteiger charge is -2.23. The number of aryl methyl sites for hydroxylation is 1. The number of carbonyl (C=O) groups excluding carboxylic acids is 1. The highest BCUT2D eigenvalue weighted by Crippen LogP contribution is 2.32. The van der Waals surface area contributed by atoms with E-state index in [2.05, 4.69) is 44.1 Å². The number of benzene rings is 2. The van der Waals surface area contributed by atoms with Gasteiger partial charge < -0.3 is 9.47 Å². The fraction of sp³-hybridized carbons (Fsp3) is 0.360. The molecule has 3 aromatic rings. The summed E-state index contributed by atoms with van der Waals surface area (Å²) >= 11 is 1.39. The highest BCUT2D eigenvalue weighted by Gasteiger charge is 2.20. The maximum Gasteiger partial charge on any atom is 0.264 e. The number of hydrogen-bond donors (Lipinski definition) is 1. The smallest absolute Gasteiger partial charge is 0.264 e. The number of hydrogen-bond acceptors (Lipinski definition) is 5. The number of thiazole rings is 1. The summed E-state index contributed by atoms with van der Waals surface area (Å²) in [6, 6.07) is 13.8. The first-order chi connectivity index (χ1) is 14.6. The van der Waals surface area contributed by atoms with Gasteiger partial charge in [0.15, 0.2) is 11.7 Å².